The molecule has 1 N–H and O–H groups in total. The largest absolute Gasteiger partial charge is 0.346 e. The van der Waals surface area contributed by atoms with E-state index in [0.717, 1.165) is 51.7 Å². The van der Waals surface area contributed by atoms with Gasteiger partial charge in [-0.3, -0.25) is 14.4 Å². The molecule has 1 atom stereocenters. The lowest BCUT2D eigenvalue weighted by Crippen LogP contribution is -2.26. The van der Waals surface area contributed by atoms with Gasteiger partial charge in [-0.2, -0.15) is 10.1 Å². The quantitative estimate of drug-likeness (QED) is 0.825. The minimum Gasteiger partial charge on any atom is -0.346 e. The molecule has 1 saturated heterocycles. The number of nitrogens with one attached hydrogen (secondary N) is 1. The fraction of sp³-hybridized carbons (Fsp3) is 0.647. The molecule has 8 nitrogen and oxygen atoms in total. The van der Waals surface area contributed by atoms with Crippen molar-refractivity contribution < 1.29 is 9.32 Å². The molecule has 1 aliphatic carbocycles. The number of nitrogens with zero attached hydrogens (tertiary/aromatic N) is 5. The summed E-state index contributed by atoms with van der Waals surface area (Å²) in [7, 11) is 0. The summed E-state index contributed by atoms with van der Waals surface area (Å²) in [4.78, 5) is 18.7. The Morgan fingerprint density at radius 2 is 2.28 bits per heavy atom. The van der Waals surface area contributed by atoms with Gasteiger partial charge in [-0.25, -0.2) is 0 Å². The van der Waals surface area contributed by atoms with Gasteiger partial charge in [-0.1, -0.05) is 12.1 Å². The predicted octanol–water partition coefficient (Wildman–Crippen LogP) is 1.91. The number of aryl methyl sites for hydroxylation is 1. The van der Waals surface area contributed by atoms with Gasteiger partial charge in [0.1, 0.15) is 0 Å². The number of carbonyl (C=O) groups excluding carboxylic acids is 1. The maximum atomic E-state index is 12.0. The van der Waals surface area contributed by atoms with Crippen molar-refractivity contribution in [3.63, 3.8) is 0 Å². The molecule has 1 saturated carbocycles. The fourth-order valence-corrected chi connectivity index (χ4v) is 3.31. The molecular formula is C17H24N6O2. The van der Waals surface area contributed by atoms with Crippen LogP contribution in [0.5, 0.6) is 0 Å². The third-order valence-corrected chi connectivity index (χ3v) is 4.73. The molecule has 134 valence electrons. The number of hydrogen-bond acceptors (Lipinski definition) is 6. The monoisotopic (exact) mass is 344 g/mol. The van der Waals surface area contributed by atoms with Gasteiger partial charge in [0.2, 0.25) is 5.89 Å². The highest BCUT2D eigenvalue weighted by atomic mass is 16.5. The van der Waals surface area contributed by atoms with Crippen LogP contribution in [0.1, 0.15) is 67.1 Å². The highest BCUT2D eigenvalue weighted by Crippen LogP contribution is 2.32. The SMILES string of the molecule is CCCn1cc(CN2CCC[C@@H]2c2nc(C(=O)NC3CC3)no2)cn1. The van der Waals surface area contributed by atoms with Crippen LogP contribution in [0, 0.1) is 0 Å². The van der Waals surface area contributed by atoms with E-state index in [4.69, 9.17) is 4.52 Å². The van der Waals surface area contributed by atoms with Crippen LogP contribution in [0.15, 0.2) is 16.9 Å². The van der Waals surface area contributed by atoms with Gasteiger partial charge in [0.05, 0.1) is 12.2 Å². The highest BCUT2D eigenvalue weighted by Gasteiger charge is 2.32. The number of rotatable bonds is 7. The summed E-state index contributed by atoms with van der Waals surface area (Å²) >= 11 is 0. The van der Waals surface area contributed by atoms with Crippen LogP contribution in [-0.2, 0) is 13.1 Å². The topological polar surface area (TPSA) is 89.1 Å². The van der Waals surface area contributed by atoms with E-state index in [-0.39, 0.29) is 23.8 Å². The Labute approximate surface area is 146 Å². The highest BCUT2D eigenvalue weighted by molar-refractivity contribution is 5.90. The lowest BCUT2D eigenvalue weighted by atomic mass is 10.2. The van der Waals surface area contributed by atoms with Gasteiger partial charge in [0.25, 0.3) is 11.7 Å². The van der Waals surface area contributed by atoms with Crippen LogP contribution < -0.4 is 5.32 Å². The third-order valence-electron chi connectivity index (χ3n) is 4.73. The molecular weight excluding hydrogens is 320 g/mol. The zero-order valence-electron chi connectivity index (χ0n) is 14.5. The van der Waals surface area contributed by atoms with Crippen LogP contribution in [0.25, 0.3) is 0 Å². The molecule has 1 amide bonds. The van der Waals surface area contributed by atoms with Crippen molar-refractivity contribution in [3.8, 4) is 0 Å². The Kier molecular flexibility index (Phi) is 4.52. The zero-order valence-corrected chi connectivity index (χ0v) is 14.5. The lowest BCUT2D eigenvalue weighted by Gasteiger charge is -2.20. The van der Waals surface area contributed by atoms with Crippen LogP contribution >= 0.6 is 0 Å². The minimum atomic E-state index is -0.233. The third kappa shape index (κ3) is 3.73. The van der Waals surface area contributed by atoms with Crippen molar-refractivity contribution in [2.24, 2.45) is 0 Å². The zero-order chi connectivity index (χ0) is 17.2. The minimum absolute atomic E-state index is 0.0736. The molecule has 25 heavy (non-hydrogen) atoms. The first-order chi connectivity index (χ1) is 12.2. The molecule has 0 bridgehead atoms. The number of amides is 1. The summed E-state index contributed by atoms with van der Waals surface area (Å²) in [5.41, 5.74) is 1.19. The molecule has 1 aliphatic heterocycles. The molecule has 2 aromatic rings. The maximum absolute atomic E-state index is 12.0. The van der Waals surface area contributed by atoms with Crippen molar-refractivity contribution in [2.45, 2.75) is 64.2 Å². The summed E-state index contributed by atoms with van der Waals surface area (Å²) in [6, 6.07) is 0.363. The molecule has 4 rings (SSSR count). The van der Waals surface area contributed by atoms with Crippen molar-refractivity contribution in [3.05, 3.63) is 29.7 Å². The Balaban J connectivity index is 1.41. The van der Waals surface area contributed by atoms with E-state index in [1.54, 1.807) is 0 Å². The Bertz CT molecular complexity index is 735. The molecule has 2 aromatic heterocycles. The average Bonchev–Trinajstić information content (AvgIpc) is 3.02. The summed E-state index contributed by atoms with van der Waals surface area (Å²) < 4.78 is 7.38. The fourth-order valence-electron chi connectivity index (χ4n) is 3.31. The Morgan fingerprint density at radius 1 is 1.40 bits per heavy atom. The van der Waals surface area contributed by atoms with Gasteiger partial charge in [-0.05, 0) is 38.6 Å². The van der Waals surface area contributed by atoms with Gasteiger partial charge in [0.15, 0.2) is 0 Å². The number of likely N-dealkylation sites (tertiary alicyclic amines) is 1. The second kappa shape index (κ2) is 6.95. The van der Waals surface area contributed by atoms with Gasteiger partial charge in [0, 0.05) is 30.9 Å². The van der Waals surface area contributed by atoms with Crippen molar-refractivity contribution in [1.82, 2.24) is 30.1 Å². The summed E-state index contributed by atoms with van der Waals surface area (Å²) in [5, 5.41) is 11.2. The van der Waals surface area contributed by atoms with E-state index in [1.807, 2.05) is 10.9 Å². The number of aromatic nitrogens is 4. The Hall–Kier alpha value is -2.22. The van der Waals surface area contributed by atoms with Crippen LogP contribution in [-0.4, -0.2) is 43.3 Å². The normalized spacial score (nSPS) is 20.9. The van der Waals surface area contributed by atoms with Gasteiger partial charge < -0.3 is 9.84 Å². The maximum Gasteiger partial charge on any atom is 0.292 e. The summed E-state index contributed by atoms with van der Waals surface area (Å²) in [6.07, 6.45) is 9.22. The molecule has 8 heteroatoms. The van der Waals surface area contributed by atoms with Gasteiger partial charge in [-0.15, -0.1) is 0 Å². The second-order valence-electron chi connectivity index (χ2n) is 6.94. The summed E-state index contributed by atoms with van der Waals surface area (Å²) in [6.45, 7) is 4.87. The Morgan fingerprint density at radius 3 is 3.08 bits per heavy atom. The molecule has 2 aliphatic rings. The second-order valence-corrected chi connectivity index (χ2v) is 6.94. The summed E-state index contributed by atoms with van der Waals surface area (Å²) in [5.74, 6) is 0.451. The predicted molar refractivity (Wildman–Crippen MR) is 89.7 cm³/mol. The van der Waals surface area contributed by atoms with E-state index < -0.39 is 0 Å². The number of carbonyl (C=O) groups is 1. The van der Waals surface area contributed by atoms with E-state index >= 15 is 0 Å². The number of hydrogen-bond donors (Lipinski definition) is 1. The first-order valence-electron chi connectivity index (χ1n) is 9.13. The van der Waals surface area contributed by atoms with Crippen molar-refractivity contribution in [1.29, 1.82) is 0 Å². The molecule has 0 unspecified atom stereocenters. The molecule has 0 aromatic carbocycles. The molecule has 0 spiro atoms. The average molecular weight is 344 g/mol. The molecule has 0 radical (unpaired) electrons. The van der Waals surface area contributed by atoms with E-state index in [2.05, 4.69) is 38.6 Å². The lowest BCUT2D eigenvalue weighted by molar-refractivity contribution is 0.0937. The van der Waals surface area contributed by atoms with Crippen LogP contribution in [0.4, 0.5) is 0 Å². The van der Waals surface area contributed by atoms with Gasteiger partial charge >= 0.3 is 0 Å². The smallest absolute Gasteiger partial charge is 0.292 e. The van der Waals surface area contributed by atoms with E-state index in [9.17, 15) is 4.79 Å². The van der Waals surface area contributed by atoms with Crippen molar-refractivity contribution in [2.75, 3.05) is 6.54 Å². The van der Waals surface area contributed by atoms with Crippen LogP contribution in [0.2, 0.25) is 0 Å². The van der Waals surface area contributed by atoms with E-state index in [0.29, 0.717) is 5.89 Å². The van der Waals surface area contributed by atoms with E-state index in [1.165, 1.54) is 5.56 Å². The molecule has 2 fully saturated rings. The van der Waals surface area contributed by atoms with Crippen molar-refractivity contribution >= 4 is 5.91 Å². The first-order valence-corrected chi connectivity index (χ1v) is 9.13. The molecule has 3 heterocycles. The first kappa shape index (κ1) is 16.3. The standard InChI is InChI=1S/C17H24N6O2/c1-2-7-23-11-12(9-18-23)10-22-8-3-4-14(22)17-20-15(21-25-17)16(24)19-13-5-6-13/h9,11,13-14H,2-8,10H2,1H3,(H,19,24)/t14-/m1/s1. The van der Waals surface area contributed by atoms with Crippen LogP contribution in [0.3, 0.4) is 0 Å².